The van der Waals surface area contributed by atoms with Gasteiger partial charge in [0.05, 0.1) is 12.0 Å². The van der Waals surface area contributed by atoms with E-state index < -0.39 is 0 Å². The molecule has 1 fully saturated rings. The summed E-state index contributed by atoms with van der Waals surface area (Å²) in [7, 11) is 0. The lowest BCUT2D eigenvalue weighted by molar-refractivity contribution is -0.123. The molecule has 4 heteroatoms. The van der Waals surface area contributed by atoms with Crippen LogP contribution in [0.4, 0.5) is 0 Å². The maximum Gasteiger partial charge on any atom is 0.160 e. The summed E-state index contributed by atoms with van der Waals surface area (Å²) in [6, 6.07) is 0. The molecule has 0 spiro atoms. The Morgan fingerprint density at radius 3 is 3.12 bits per heavy atom. The molecule has 0 aliphatic carbocycles. The summed E-state index contributed by atoms with van der Waals surface area (Å²) in [6.07, 6.45) is 7.27. The lowest BCUT2D eigenvalue weighted by atomic mass is 9.92. The monoisotopic (exact) mass is 235 g/mol. The Labute approximate surface area is 102 Å². The lowest BCUT2D eigenvalue weighted by Crippen LogP contribution is -2.45. The fourth-order valence-electron chi connectivity index (χ4n) is 2.42. The van der Waals surface area contributed by atoms with Crippen molar-refractivity contribution in [3.8, 4) is 0 Å². The number of ketones is 1. The van der Waals surface area contributed by atoms with Gasteiger partial charge in [0.25, 0.3) is 0 Å². The number of nitrogens with zero attached hydrogens (tertiary/aromatic N) is 2. The summed E-state index contributed by atoms with van der Waals surface area (Å²) in [5, 5.41) is 3.31. The maximum absolute atomic E-state index is 12.3. The van der Waals surface area contributed by atoms with Crippen molar-refractivity contribution < 1.29 is 4.79 Å². The van der Waals surface area contributed by atoms with E-state index in [0.717, 1.165) is 38.2 Å². The number of carbonyl (C=O) groups is 1. The van der Waals surface area contributed by atoms with Crippen molar-refractivity contribution in [1.82, 2.24) is 14.9 Å². The average Bonchev–Trinajstić information content (AvgIpc) is 2.90. The second-order valence-corrected chi connectivity index (χ2v) is 5.00. The zero-order valence-electron chi connectivity index (χ0n) is 10.7. The highest BCUT2D eigenvalue weighted by molar-refractivity contribution is 5.89. The molecule has 1 aromatic heterocycles. The first-order valence-electron chi connectivity index (χ1n) is 6.44. The molecule has 1 unspecified atom stereocenters. The van der Waals surface area contributed by atoms with Crippen molar-refractivity contribution in [2.75, 3.05) is 6.54 Å². The van der Waals surface area contributed by atoms with Crippen LogP contribution in [0.3, 0.4) is 0 Å². The molecular weight excluding hydrogens is 214 g/mol. The minimum atomic E-state index is -0.330. The van der Waals surface area contributed by atoms with Crippen molar-refractivity contribution in [1.29, 1.82) is 0 Å². The van der Waals surface area contributed by atoms with Crippen LogP contribution in [-0.4, -0.2) is 27.4 Å². The van der Waals surface area contributed by atoms with Gasteiger partial charge in [-0.15, -0.1) is 0 Å². The molecule has 0 amide bonds. The van der Waals surface area contributed by atoms with Gasteiger partial charge >= 0.3 is 0 Å². The molecule has 94 valence electrons. The predicted molar refractivity (Wildman–Crippen MR) is 66.9 cm³/mol. The number of carbonyl (C=O) groups excluding carboxylic acids is 1. The van der Waals surface area contributed by atoms with Gasteiger partial charge in [0, 0.05) is 18.9 Å². The van der Waals surface area contributed by atoms with E-state index in [0.29, 0.717) is 6.42 Å². The molecule has 0 saturated carbocycles. The largest absolute Gasteiger partial charge is 0.335 e. The van der Waals surface area contributed by atoms with Crippen molar-refractivity contribution >= 4 is 5.78 Å². The molecule has 1 aromatic rings. The Balaban J connectivity index is 2.04. The summed E-state index contributed by atoms with van der Waals surface area (Å²) in [4.78, 5) is 16.6. The molecule has 1 aliphatic heterocycles. The van der Waals surface area contributed by atoms with Gasteiger partial charge in [0.1, 0.15) is 5.82 Å². The number of nitrogens with one attached hydrogen (secondary N) is 1. The van der Waals surface area contributed by atoms with Crippen LogP contribution < -0.4 is 5.32 Å². The van der Waals surface area contributed by atoms with Gasteiger partial charge in [-0.3, -0.25) is 4.79 Å². The minimum Gasteiger partial charge on any atom is -0.335 e. The fourth-order valence-corrected chi connectivity index (χ4v) is 2.42. The van der Waals surface area contributed by atoms with E-state index in [4.69, 9.17) is 0 Å². The van der Waals surface area contributed by atoms with Crippen LogP contribution in [0.5, 0.6) is 0 Å². The second kappa shape index (κ2) is 5.00. The van der Waals surface area contributed by atoms with E-state index in [-0.39, 0.29) is 11.3 Å². The highest BCUT2D eigenvalue weighted by Gasteiger charge is 2.35. The third-order valence-electron chi connectivity index (χ3n) is 3.57. The van der Waals surface area contributed by atoms with E-state index in [1.54, 1.807) is 6.20 Å². The smallest absolute Gasteiger partial charge is 0.160 e. The van der Waals surface area contributed by atoms with Gasteiger partial charge in [-0.25, -0.2) is 4.98 Å². The first-order chi connectivity index (χ1) is 8.15. The van der Waals surface area contributed by atoms with E-state index in [1.165, 1.54) is 0 Å². The van der Waals surface area contributed by atoms with Crippen molar-refractivity contribution in [3.05, 3.63) is 18.2 Å². The number of aromatic nitrogens is 2. The standard InChI is InChI=1S/C13H21N3O/c1-3-8-16-9-7-14-12(16)10-11(17)13(2)5-4-6-15-13/h7,9,15H,3-6,8,10H2,1-2H3. The Morgan fingerprint density at radius 2 is 2.47 bits per heavy atom. The molecule has 2 rings (SSSR count). The molecule has 17 heavy (non-hydrogen) atoms. The summed E-state index contributed by atoms with van der Waals surface area (Å²) >= 11 is 0. The first kappa shape index (κ1) is 12.3. The lowest BCUT2D eigenvalue weighted by Gasteiger charge is -2.22. The average molecular weight is 235 g/mol. The Bertz CT molecular complexity index is 391. The molecule has 1 atom stereocenters. The minimum absolute atomic E-state index is 0.263. The Kier molecular flexibility index (Phi) is 3.62. The summed E-state index contributed by atoms with van der Waals surface area (Å²) < 4.78 is 2.08. The summed E-state index contributed by atoms with van der Waals surface area (Å²) in [5.74, 6) is 1.16. The van der Waals surface area contributed by atoms with Gasteiger partial charge in [-0.1, -0.05) is 6.92 Å². The van der Waals surface area contributed by atoms with Gasteiger partial charge < -0.3 is 9.88 Å². The molecule has 0 aromatic carbocycles. The van der Waals surface area contributed by atoms with Gasteiger partial charge in [-0.2, -0.15) is 0 Å². The molecule has 4 nitrogen and oxygen atoms in total. The van der Waals surface area contributed by atoms with E-state index in [9.17, 15) is 4.79 Å². The van der Waals surface area contributed by atoms with Crippen LogP contribution >= 0.6 is 0 Å². The van der Waals surface area contributed by atoms with E-state index >= 15 is 0 Å². The SMILES string of the molecule is CCCn1ccnc1CC(=O)C1(C)CCCN1. The molecule has 1 saturated heterocycles. The number of aryl methyl sites for hydroxylation is 1. The second-order valence-electron chi connectivity index (χ2n) is 5.00. The van der Waals surface area contributed by atoms with Crippen LogP contribution in [-0.2, 0) is 17.8 Å². The number of hydrogen-bond donors (Lipinski definition) is 1. The zero-order valence-corrected chi connectivity index (χ0v) is 10.7. The van der Waals surface area contributed by atoms with Crippen LogP contribution in [0.1, 0.15) is 38.9 Å². The number of rotatable bonds is 5. The van der Waals surface area contributed by atoms with Crippen LogP contribution in [0.2, 0.25) is 0 Å². The molecular formula is C13H21N3O. The van der Waals surface area contributed by atoms with Crippen molar-refractivity contribution in [3.63, 3.8) is 0 Å². The molecule has 1 N–H and O–H groups in total. The fraction of sp³-hybridized carbons (Fsp3) is 0.692. The summed E-state index contributed by atoms with van der Waals surface area (Å²) in [5.41, 5.74) is -0.330. The molecule has 1 aliphatic rings. The number of Topliss-reactive ketones (excluding diaryl/α,β-unsaturated/α-hetero) is 1. The predicted octanol–water partition coefficient (Wildman–Crippen LogP) is 1.55. The molecule has 0 bridgehead atoms. The number of hydrogen-bond acceptors (Lipinski definition) is 3. The Morgan fingerprint density at radius 1 is 1.65 bits per heavy atom. The Hall–Kier alpha value is -1.16. The topological polar surface area (TPSA) is 46.9 Å². The first-order valence-corrected chi connectivity index (χ1v) is 6.44. The van der Waals surface area contributed by atoms with E-state index in [2.05, 4.69) is 21.8 Å². The number of imidazole rings is 1. The summed E-state index contributed by atoms with van der Waals surface area (Å²) in [6.45, 7) is 6.03. The van der Waals surface area contributed by atoms with Crippen LogP contribution in [0.15, 0.2) is 12.4 Å². The van der Waals surface area contributed by atoms with Crippen molar-refractivity contribution in [2.45, 2.75) is 51.6 Å². The van der Waals surface area contributed by atoms with Gasteiger partial charge in [0.2, 0.25) is 0 Å². The van der Waals surface area contributed by atoms with Gasteiger partial charge in [0.15, 0.2) is 5.78 Å². The third-order valence-corrected chi connectivity index (χ3v) is 3.57. The van der Waals surface area contributed by atoms with Crippen LogP contribution in [0, 0.1) is 0 Å². The highest BCUT2D eigenvalue weighted by Crippen LogP contribution is 2.21. The quantitative estimate of drug-likeness (QED) is 0.842. The highest BCUT2D eigenvalue weighted by atomic mass is 16.1. The van der Waals surface area contributed by atoms with E-state index in [1.807, 2.05) is 13.1 Å². The maximum atomic E-state index is 12.3. The zero-order chi connectivity index (χ0) is 12.3. The molecule has 2 heterocycles. The normalized spacial score (nSPS) is 24.1. The van der Waals surface area contributed by atoms with Crippen LogP contribution in [0.25, 0.3) is 0 Å². The third kappa shape index (κ3) is 2.57. The van der Waals surface area contributed by atoms with Crippen molar-refractivity contribution in [2.24, 2.45) is 0 Å². The van der Waals surface area contributed by atoms with Gasteiger partial charge in [-0.05, 0) is 32.7 Å². The molecule has 0 radical (unpaired) electrons.